The summed E-state index contributed by atoms with van der Waals surface area (Å²) in [5.41, 5.74) is 7.08. The molecule has 5 nitrogen and oxygen atoms in total. The Morgan fingerprint density at radius 1 is 1.04 bits per heavy atom. The number of rotatable bonds is 5. The molecule has 0 aromatic heterocycles. The minimum absolute atomic E-state index is 0.00448. The quantitative estimate of drug-likeness (QED) is 0.868. The average Bonchev–Trinajstić information content (AvgIpc) is 2.93. The summed E-state index contributed by atoms with van der Waals surface area (Å²) in [5.74, 6) is 0.395. The second-order valence-electron chi connectivity index (χ2n) is 6.06. The van der Waals surface area contributed by atoms with Crippen LogP contribution in [0.3, 0.4) is 0 Å². The highest BCUT2D eigenvalue weighted by Crippen LogP contribution is 2.23. The number of hydrazine groups is 1. The Hall–Kier alpha value is -2.66. The zero-order valence-corrected chi connectivity index (χ0v) is 15.0. The van der Waals surface area contributed by atoms with Crippen molar-refractivity contribution in [3.05, 3.63) is 54.6 Å². The molecular weight excluding hydrogens is 310 g/mol. The van der Waals surface area contributed by atoms with Gasteiger partial charge in [0.15, 0.2) is 5.84 Å². The van der Waals surface area contributed by atoms with Crippen molar-refractivity contribution in [1.29, 1.82) is 5.41 Å². The van der Waals surface area contributed by atoms with Gasteiger partial charge in [0, 0.05) is 18.8 Å². The van der Waals surface area contributed by atoms with E-state index >= 15 is 0 Å². The van der Waals surface area contributed by atoms with Crippen molar-refractivity contribution < 1.29 is 0 Å². The molecule has 130 valence electrons. The molecule has 1 heterocycles. The Balaban J connectivity index is 1.82. The van der Waals surface area contributed by atoms with E-state index in [2.05, 4.69) is 36.3 Å². The van der Waals surface area contributed by atoms with Crippen LogP contribution in [-0.2, 0) is 0 Å². The summed E-state index contributed by atoms with van der Waals surface area (Å²) >= 11 is 0. The number of nitrogens with zero attached hydrogens (tertiary/aromatic N) is 3. The van der Waals surface area contributed by atoms with Crippen molar-refractivity contribution in [3.63, 3.8) is 0 Å². The highest BCUT2D eigenvalue weighted by molar-refractivity contribution is 6.48. The van der Waals surface area contributed by atoms with E-state index in [1.54, 1.807) is 5.01 Å². The highest BCUT2D eigenvalue weighted by Gasteiger charge is 2.31. The first-order valence-corrected chi connectivity index (χ1v) is 8.78. The molecule has 0 spiro atoms. The lowest BCUT2D eigenvalue weighted by Crippen LogP contribution is -2.36. The number of para-hydroxylation sites is 1. The topological polar surface area (TPSA) is 54.7 Å². The molecule has 1 unspecified atom stereocenters. The zero-order valence-electron chi connectivity index (χ0n) is 15.0. The first kappa shape index (κ1) is 17.2. The third-order valence-electron chi connectivity index (χ3n) is 4.44. The van der Waals surface area contributed by atoms with Crippen LogP contribution < -0.4 is 15.3 Å². The summed E-state index contributed by atoms with van der Waals surface area (Å²) in [6.07, 6.45) is 0. The maximum Gasteiger partial charge on any atom is 0.163 e. The van der Waals surface area contributed by atoms with Crippen LogP contribution >= 0.6 is 0 Å². The molecule has 1 aliphatic rings. The second kappa shape index (κ2) is 7.49. The van der Waals surface area contributed by atoms with Crippen LogP contribution in [0.15, 0.2) is 59.6 Å². The molecule has 0 aliphatic carbocycles. The summed E-state index contributed by atoms with van der Waals surface area (Å²) in [6.45, 7) is 8.32. The molecule has 2 N–H and O–H groups in total. The van der Waals surface area contributed by atoms with Gasteiger partial charge in [0.25, 0.3) is 0 Å². The number of hydrogen-bond acceptors (Lipinski definition) is 4. The van der Waals surface area contributed by atoms with Crippen LogP contribution in [0.5, 0.6) is 0 Å². The van der Waals surface area contributed by atoms with Crippen molar-refractivity contribution in [2.75, 3.05) is 23.0 Å². The third kappa shape index (κ3) is 3.56. The fraction of sp³-hybridized carbons (Fsp3) is 0.300. The van der Waals surface area contributed by atoms with Crippen molar-refractivity contribution >= 4 is 28.6 Å². The van der Waals surface area contributed by atoms with Gasteiger partial charge in [-0.3, -0.25) is 10.4 Å². The summed E-state index contributed by atoms with van der Waals surface area (Å²) in [4.78, 5) is 7.02. The van der Waals surface area contributed by atoms with Gasteiger partial charge in [-0.1, -0.05) is 18.2 Å². The van der Waals surface area contributed by atoms with Crippen molar-refractivity contribution in [2.24, 2.45) is 4.99 Å². The highest BCUT2D eigenvalue weighted by atomic mass is 15.6. The number of benzene rings is 2. The summed E-state index contributed by atoms with van der Waals surface area (Å²) in [6, 6.07) is 18.1. The molecule has 0 radical (unpaired) electrons. The first-order chi connectivity index (χ1) is 12.1. The van der Waals surface area contributed by atoms with Gasteiger partial charge in [0.2, 0.25) is 0 Å². The normalized spacial score (nSPS) is 18.8. The van der Waals surface area contributed by atoms with E-state index < -0.39 is 0 Å². The molecule has 2 aromatic carbocycles. The lowest BCUT2D eigenvalue weighted by atomic mass is 10.2. The summed E-state index contributed by atoms with van der Waals surface area (Å²) in [7, 11) is 0. The second-order valence-corrected chi connectivity index (χ2v) is 6.06. The largest absolute Gasteiger partial charge is 0.372 e. The molecule has 0 saturated carbocycles. The minimum atomic E-state index is -0.00448. The lowest BCUT2D eigenvalue weighted by molar-refractivity contribution is 0.719. The number of nitrogens with one attached hydrogen (secondary N) is 2. The SMILES string of the molecule is CCN(CC)c1ccc(N=C2C(=N)N(c3ccccc3)NC2C)cc1. The van der Waals surface area contributed by atoms with E-state index in [9.17, 15) is 0 Å². The fourth-order valence-electron chi connectivity index (χ4n) is 3.04. The number of aliphatic imine (C=N–C) groups is 1. The number of hydrogen-bond donors (Lipinski definition) is 2. The van der Waals surface area contributed by atoms with Crippen LogP contribution in [-0.4, -0.2) is 30.7 Å². The zero-order chi connectivity index (χ0) is 17.8. The van der Waals surface area contributed by atoms with Gasteiger partial charge >= 0.3 is 0 Å². The third-order valence-corrected chi connectivity index (χ3v) is 4.44. The molecule has 0 bridgehead atoms. The standard InChI is InChI=1S/C20H25N5/c1-4-24(5-2)17-13-11-16(12-14-17)22-19-15(3)23-25(20(19)21)18-9-7-6-8-10-18/h6-15,21,23H,4-5H2,1-3H3. The molecule has 1 aliphatic heterocycles. The minimum Gasteiger partial charge on any atom is -0.372 e. The van der Waals surface area contributed by atoms with E-state index in [1.165, 1.54) is 5.69 Å². The van der Waals surface area contributed by atoms with Crippen LogP contribution in [0.2, 0.25) is 0 Å². The van der Waals surface area contributed by atoms with Crippen LogP contribution in [0.4, 0.5) is 17.1 Å². The molecule has 1 atom stereocenters. The smallest absolute Gasteiger partial charge is 0.163 e. The maximum absolute atomic E-state index is 8.47. The van der Waals surface area contributed by atoms with Crippen LogP contribution in [0, 0.1) is 5.41 Å². The Morgan fingerprint density at radius 2 is 1.68 bits per heavy atom. The molecule has 1 fully saturated rings. The van der Waals surface area contributed by atoms with Gasteiger partial charge in [0.05, 0.1) is 17.4 Å². The molecule has 3 rings (SSSR count). The van der Waals surface area contributed by atoms with Crippen molar-refractivity contribution in [3.8, 4) is 0 Å². The maximum atomic E-state index is 8.47. The first-order valence-electron chi connectivity index (χ1n) is 8.78. The fourth-order valence-corrected chi connectivity index (χ4v) is 3.04. The lowest BCUT2D eigenvalue weighted by Gasteiger charge is -2.20. The monoisotopic (exact) mass is 335 g/mol. The van der Waals surface area contributed by atoms with E-state index in [1.807, 2.05) is 49.4 Å². The Labute approximate surface area is 149 Å². The Kier molecular flexibility index (Phi) is 5.14. The molecule has 25 heavy (non-hydrogen) atoms. The van der Waals surface area contributed by atoms with E-state index in [0.29, 0.717) is 5.84 Å². The predicted molar refractivity (Wildman–Crippen MR) is 106 cm³/mol. The Bertz CT molecular complexity index is 747. The molecule has 5 heteroatoms. The van der Waals surface area contributed by atoms with E-state index in [4.69, 9.17) is 10.4 Å². The van der Waals surface area contributed by atoms with E-state index in [-0.39, 0.29) is 6.04 Å². The van der Waals surface area contributed by atoms with Gasteiger partial charge < -0.3 is 4.90 Å². The molecule has 0 amide bonds. The summed E-state index contributed by atoms with van der Waals surface area (Å²) < 4.78 is 0. The average molecular weight is 335 g/mol. The molecule has 2 aromatic rings. The number of amidine groups is 1. The summed E-state index contributed by atoms with van der Waals surface area (Å²) in [5, 5.41) is 10.3. The Morgan fingerprint density at radius 3 is 2.28 bits per heavy atom. The van der Waals surface area contributed by atoms with Crippen molar-refractivity contribution in [1.82, 2.24) is 5.43 Å². The van der Waals surface area contributed by atoms with Gasteiger partial charge in [0.1, 0.15) is 5.71 Å². The van der Waals surface area contributed by atoms with Gasteiger partial charge in [-0.05, 0) is 57.2 Å². The van der Waals surface area contributed by atoms with Crippen LogP contribution in [0.1, 0.15) is 20.8 Å². The van der Waals surface area contributed by atoms with Gasteiger partial charge in [-0.25, -0.2) is 10.4 Å². The van der Waals surface area contributed by atoms with Gasteiger partial charge in [-0.2, -0.15) is 0 Å². The van der Waals surface area contributed by atoms with Crippen molar-refractivity contribution in [2.45, 2.75) is 26.8 Å². The van der Waals surface area contributed by atoms with E-state index in [0.717, 1.165) is 30.2 Å². The number of anilines is 2. The molecular formula is C20H25N5. The predicted octanol–water partition coefficient (Wildman–Crippen LogP) is 4.00. The van der Waals surface area contributed by atoms with Gasteiger partial charge in [-0.15, -0.1) is 0 Å². The van der Waals surface area contributed by atoms with Crippen LogP contribution in [0.25, 0.3) is 0 Å². The molecule has 1 saturated heterocycles.